The first-order valence-electron chi connectivity index (χ1n) is 6.39. The number of halogens is 1. The van der Waals surface area contributed by atoms with Gasteiger partial charge in [-0.3, -0.25) is 4.90 Å². The molecule has 1 fully saturated rings. The first kappa shape index (κ1) is 12.9. The smallest absolute Gasteiger partial charge is 0.0451 e. The molecule has 3 heteroatoms. The van der Waals surface area contributed by atoms with Gasteiger partial charge in [0.15, 0.2) is 0 Å². The van der Waals surface area contributed by atoms with E-state index in [1.807, 2.05) is 18.2 Å². The van der Waals surface area contributed by atoms with Crippen LogP contribution in [0.4, 0.5) is 0 Å². The van der Waals surface area contributed by atoms with Crippen LogP contribution in [-0.2, 0) is 6.54 Å². The predicted octanol–water partition coefficient (Wildman–Crippen LogP) is 3.08. The Morgan fingerprint density at radius 2 is 2.18 bits per heavy atom. The maximum absolute atomic E-state index is 8.91. The van der Waals surface area contributed by atoms with Crippen molar-refractivity contribution in [3.8, 4) is 0 Å². The number of hydrogen-bond donors (Lipinski definition) is 1. The summed E-state index contributed by atoms with van der Waals surface area (Å²) in [6.45, 7) is 2.40. The first-order chi connectivity index (χ1) is 8.31. The maximum atomic E-state index is 8.91. The Morgan fingerprint density at radius 3 is 2.94 bits per heavy atom. The lowest BCUT2D eigenvalue weighted by Crippen LogP contribution is -2.29. The van der Waals surface area contributed by atoms with Crippen molar-refractivity contribution in [3.63, 3.8) is 0 Å². The first-order valence-corrected chi connectivity index (χ1v) is 6.77. The lowest BCUT2D eigenvalue weighted by Gasteiger charge is -2.24. The predicted molar refractivity (Wildman–Crippen MR) is 71.2 cm³/mol. The zero-order valence-electron chi connectivity index (χ0n) is 10.1. The third-order valence-corrected chi connectivity index (χ3v) is 3.89. The van der Waals surface area contributed by atoms with Gasteiger partial charge in [-0.2, -0.15) is 0 Å². The molecule has 1 aliphatic heterocycles. The summed E-state index contributed by atoms with van der Waals surface area (Å²) in [7, 11) is 0. The van der Waals surface area contributed by atoms with E-state index in [1.54, 1.807) is 0 Å². The Morgan fingerprint density at radius 1 is 1.35 bits per heavy atom. The average molecular weight is 254 g/mol. The summed E-state index contributed by atoms with van der Waals surface area (Å²) in [5, 5.41) is 9.77. The highest BCUT2D eigenvalue weighted by atomic mass is 35.5. The van der Waals surface area contributed by atoms with E-state index in [2.05, 4.69) is 11.0 Å². The molecule has 1 N–H and O–H groups in total. The minimum absolute atomic E-state index is 0.302. The Hall–Kier alpha value is -0.570. The summed E-state index contributed by atoms with van der Waals surface area (Å²) in [5.74, 6) is 0. The van der Waals surface area contributed by atoms with Gasteiger partial charge >= 0.3 is 0 Å². The minimum Gasteiger partial charge on any atom is -0.396 e. The van der Waals surface area contributed by atoms with E-state index in [9.17, 15) is 0 Å². The Bertz CT molecular complexity index is 356. The molecule has 1 saturated heterocycles. The van der Waals surface area contributed by atoms with Gasteiger partial charge in [0, 0.05) is 24.2 Å². The fourth-order valence-electron chi connectivity index (χ4n) is 2.60. The highest BCUT2D eigenvalue weighted by Crippen LogP contribution is 2.25. The van der Waals surface area contributed by atoms with Crippen molar-refractivity contribution in [2.24, 2.45) is 0 Å². The van der Waals surface area contributed by atoms with E-state index < -0.39 is 0 Å². The summed E-state index contributed by atoms with van der Waals surface area (Å²) >= 11 is 6.19. The van der Waals surface area contributed by atoms with Crippen LogP contribution in [0.3, 0.4) is 0 Å². The van der Waals surface area contributed by atoms with Crippen LogP contribution >= 0.6 is 11.6 Å². The quantitative estimate of drug-likeness (QED) is 0.872. The molecule has 0 aliphatic carbocycles. The van der Waals surface area contributed by atoms with E-state index in [1.165, 1.54) is 18.4 Å². The van der Waals surface area contributed by atoms with Gasteiger partial charge in [0.1, 0.15) is 0 Å². The molecule has 2 rings (SSSR count). The molecule has 94 valence electrons. The van der Waals surface area contributed by atoms with E-state index in [0.717, 1.165) is 31.0 Å². The van der Waals surface area contributed by atoms with Crippen molar-refractivity contribution >= 4 is 11.6 Å². The van der Waals surface area contributed by atoms with Gasteiger partial charge in [-0.1, -0.05) is 29.8 Å². The van der Waals surface area contributed by atoms with Gasteiger partial charge in [0.2, 0.25) is 0 Å². The molecule has 1 atom stereocenters. The highest BCUT2D eigenvalue weighted by Gasteiger charge is 2.24. The van der Waals surface area contributed by atoms with Gasteiger partial charge in [-0.05, 0) is 43.9 Å². The molecule has 0 spiro atoms. The van der Waals surface area contributed by atoms with E-state index >= 15 is 0 Å². The van der Waals surface area contributed by atoms with Gasteiger partial charge in [-0.25, -0.2) is 0 Å². The van der Waals surface area contributed by atoms with E-state index in [0.29, 0.717) is 12.6 Å². The van der Waals surface area contributed by atoms with Crippen LogP contribution in [0.1, 0.15) is 31.2 Å². The second kappa shape index (κ2) is 6.39. The SMILES string of the molecule is OCCCC1CCCN1Cc1ccccc1Cl. The van der Waals surface area contributed by atoms with Crippen molar-refractivity contribution in [3.05, 3.63) is 34.9 Å². The second-order valence-corrected chi connectivity index (χ2v) is 5.13. The van der Waals surface area contributed by atoms with Crippen molar-refractivity contribution < 1.29 is 5.11 Å². The summed E-state index contributed by atoms with van der Waals surface area (Å²) in [4.78, 5) is 2.50. The zero-order chi connectivity index (χ0) is 12.1. The number of benzene rings is 1. The summed E-state index contributed by atoms with van der Waals surface area (Å²) in [6.07, 6.45) is 4.52. The summed E-state index contributed by atoms with van der Waals surface area (Å²) < 4.78 is 0. The van der Waals surface area contributed by atoms with Crippen molar-refractivity contribution in [1.29, 1.82) is 0 Å². The molecule has 0 saturated carbocycles. The molecule has 17 heavy (non-hydrogen) atoms. The van der Waals surface area contributed by atoms with Crippen LogP contribution in [0.25, 0.3) is 0 Å². The molecule has 0 aromatic heterocycles. The van der Waals surface area contributed by atoms with Gasteiger partial charge in [0.25, 0.3) is 0 Å². The van der Waals surface area contributed by atoms with Crippen molar-refractivity contribution in [2.45, 2.75) is 38.3 Å². The fourth-order valence-corrected chi connectivity index (χ4v) is 2.80. The fraction of sp³-hybridized carbons (Fsp3) is 0.571. The molecule has 1 unspecified atom stereocenters. The molecular weight excluding hydrogens is 234 g/mol. The zero-order valence-corrected chi connectivity index (χ0v) is 10.9. The van der Waals surface area contributed by atoms with Crippen LogP contribution < -0.4 is 0 Å². The molecule has 0 amide bonds. The molecule has 2 nitrogen and oxygen atoms in total. The average Bonchev–Trinajstić information content (AvgIpc) is 2.77. The van der Waals surface area contributed by atoms with Gasteiger partial charge in [-0.15, -0.1) is 0 Å². The van der Waals surface area contributed by atoms with Crippen molar-refractivity contribution in [1.82, 2.24) is 4.90 Å². The third-order valence-electron chi connectivity index (χ3n) is 3.53. The molecular formula is C14H20ClNO. The lowest BCUT2D eigenvalue weighted by atomic mass is 10.1. The van der Waals surface area contributed by atoms with Crippen LogP contribution in [0, 0.1) is 0 Å². The molecule has 1 heterocycles. The summed E-state index contributed by atoms with van der Waals surface area (Å²) in [6, 6.07) is 8.69. The highest BCUT2D eigenvalue weighted by molar-refractivity contribution is 6.31. The van der Waals surface area contributed by atoms with Gasteiger partial charge in [0.05, 0.1) is 0 Å². The number of hydrogen-bond acceptors (Lipinski definition) is 2. The molecule has 1 aliphatic rings. The minimum atomic E-state index is 0.302. The molecule has 1 aromatic carbocycles. The molecule has 0 bridgehead atoms. The monoisotopic (exact) mass is 253 g/mol. The van der Waals surface area contributed by atoms with Crippen LogP contribution in [-0.4, -0.2) is 29.2 Å². The molecule has 1 aromatic rings. The lowest BCUT2D eigenvalue weighted by molar-refractivity contribution is 0.210. The third kappa shape index (κ3) is 3.44. The van der Waals surface area contributed by atoms with Crippen molar-refractivity contribution in [2.75, 3.05) is 13.2 Å². The van der Waals surface area contributed by atoms with Gasteiger partial charge < -0.3 is 5.11 Å². The van der Waals surface area contributed by atoms with Crippen LogP contribution in [0.15, 0.2) is 24.3 Å². The number of aliphatic hydroxyl groups is 1. The second-order valence-electron chi connectivity index (χ2n) is 4.72. The largest absolute Gasteiger partial charge is 0.396 e. The summed E-state index contributed by atoms with van der Waals surface area (Å²) in [5.41, 5.74) is 1.21. The Balaban J connectivity index is 1.95. The Kier molecular flexibility index (Phi) is 4.84. The normalized spacial score (nSPS) is 20.9. The molecule has 0 radical (unpaired) electrons. The van der Waals surface area contributed by atoms with E-state index in [4.69, 9.17) is 16.7 Å². The van der Waals surface area contributed by atoms with Crippen LogP contribution in [0.5, 0.6) is 0 Å². The number of rotatable bonds is 5. The van der Waals surface area contributed by atoms with Crippen LogP contribution in [0.2, 0.25) is 5.02 Å². The number of nitrogens with zero attached hydrogens (tertiary/aromatic N) is 1. The number of likely N-dealkylation sites (tertiary alicyclic amines) is 1. The Labute approximate surface area is 108 Å². The standard InChI is InChI=1S/C14H20ClNO/c15-14-8-2-1-5-12(14)11-16-9-3-6-13(16)7-4-10-17/h1-2,5,8,13,17H,3-4,6-7,9-11H2. The number of aliphatic hydroxyl groups excluding tert-OH is 1. The maximum Gasteiger partial charge on any atom is 0.0451 e. The topological polar surface area (TPSA) is 23.5 Å². The van der Waals surface area contributed by atoms with E-state index in [-0.39, 0.29) is 0 Å².